The first-order chi connectivity index (χ1) is 7.43. The summed E-state index contributed by atoms with van der Waals surface area (Å²) in [5.41, 5.74) is 11.6. The van der Waals surface area contributed by atoms with Gasteiger partial charge in [-0.2, -0.15) is 11.1 Å². The van der Waals surface area contributed by atoms with Gasteiger partial charge in [-0.15, -0.1) is 0 Å². The molecule has 0 aromatic heterocycles. The van der Waals surface area contributed by atoms with Crippen LogP contribution in [0.2, 0.25) is 0 Å². The van der Waals surface area contributed by atoms with Crippen LogP contribution in [0.1, 0.15) is 32.1 Å². The first-order valence-corrected chi connectivity index (χ1v) is 5.48. The summed E-state index contributed by atoms with van der Waals surface area (Å²) in [4.78, 5) is 10.3. The van der Waals surface area contributed by atoms with Gasteiger partial charge in [0, 0.05) is 13.1 Å². The zero-order chi connectivity index (χ0) is 10.8. The molecule has 0 bridgehead atoms. The summed E-state index contributed by atoms with van der Waals surface area (Å²) >= 11 is 0. The van der Waals surface area contributed by atoms with Crippen molar-refractivity contribution in [3.8, 4) is 0 Å². The van der Waals surface area contributed by atoms with E-state index in [0.29, 0.717) is 6.47 Å². The Labute approximate surface area is 90.0 Å². The summed E-state index contributed by atoms with van der Waals surface area (Å²) in [5.74, 6) is 0. The molecule has 0 spiro atoms. The second-order valence-electron chi connectivity index (χ2n) is 3.60. The van der Waals surface area contributed by atoms with Gasteiger partial charge < -0.3 is 4.74 Å². The molecule has 1 fully saturated rings. The van der Waals surface area contributed by atoms with Gasteiger partial charge in [-0.05, 0) is 25.7 Å². The molecule has 1 saturated heterocycles. The molecular weight excluding hydrogens is 196 g/mol. The molecule has 0 aliphatic carbocycles. The van der Waals surface area contributed by atoms with Gasteiger partial charge in [0.05, 0.1) is 0 Å². The van der Waals surface area contributed by atoms with Crippen LogP contribution in [0.25, 0.3) is 0 Å². The highest BCUT2D eigenvalue weighted by Gasteiger charge is 2.08. The van der Waals surface area contributed by atoms with E-state index in [1.165, 1.54) is 0 Å². The number of carbonyl (C=O) groups is 1. The van der Waals surface area contributed by atoms with Gasteiger partial charge in [-0.1, -0.05) is 6.42 Å². The van der Waals surface area contributed by atoms with Crippen molar-refractivity contribution >= 4 is 6.47 Å². The normalized spacial score (nSPS) is 26.0. The van der Waals surface area contributed by atoms with Crippen LogP contribution in [-0.2, 0) is 9.53 Å². The van der Waals surface area contributed by atoms with E-state index in [1.54, 1.807) is 0 Å². The quantitative estimate of drug-likeness (QED) is 0.471. The Morgan fingerprint density at radius 3 is 2.60 bits per heavy atom. The van der Waals surface area contributed by atoms with Crippen molar-refractivity contribution in [1.82, 2.24) is 21.9 Å². The lowest BCUT2D eigenvalue weighted by molar-refractivity contribution is -0.134. The average molecular weight is 216 g/mol. The van der Waals surface area contributed by atoms with Gasteiger partial charge >= 0.3 is 0 Å². The molecule has 1 atom stereocenters. The fourth-order valence-corrected chi connectivity index (χ4v) is 1.57. The average Bonchev–Trinajstić information content (AvgIpc) is 2.22. The van der Waals surface area contributed by atoms with Gasteiger partial charge in [0.2, 0.25) is 0 Å². The molecule has 6 nitrogen and oxygen atoms in total. The van der Waals surface area contributed by atoms with Crippen molar-refractivity contribution in [2.75, 3.05) is 13.1 Å². The molecule has 1 rings (SSSR count). The molecule has 0 radical (unpaired) electrons. The van der Waals surface area contributed by atoms with E-state index in [0.717, 1.165) is 45.2 Å². The molecule has 88 valence electrons. The number of carbonyl (C=O) groups excluding carboxylic acids is 1. The number of nitrogens with one attached hydrogen (secondary N) is 4. The minimum absolute atomic E-state index is 0.0455. The topological polar surface area (TPSA) is 74.4 Å². The van der Waals surface area contributed by atoms with Gasteiger partial charge in [-0.25, -0.2) is 10.9 Å². The molecule has 1 aliphatic rings. The van der Waals surface area contributed by atoms with Crippen molar-refractivity contribution < 1.29 is 9.53 Å². The van der Waals surface area contributed by atoms with Crippen LogP contribution in [0.5, 0.6) is 0 Å². The molecule has 15 heavy (non-hydrogen) atoms. The Hall–Kier alpha value is -0.690. The van der Waals surface area contributed by atoms with Crippen LogP contribution in [0.3, 0.4) is 0 Å². The third-order valence-electron chi connectivity index (χ3n) is 2.41. The van der Waals surface area contributed by atoms with Crippen LogP contribution in [-0.4, -0.2) is 25.7 Å². The Morgan fingerprint density at radius 2 is 1.80 bits per heavy atom. The lowest BCUT2D eigenvalue weighted by atomic mass is 10.1. The lowest BCUT2D eigenvalue weighted by Crippen LogP contribution is -2.51. The van der Waals surface area contributed by atoms with Crippen LogP contribution < -0.4 is 21.9 Å². The summed E-state index contributed by atoms with van der Waals surface area (Å²) < 4.78 is 5.00. The summed E-state index contributed by atoms with van der Waals surface area (Å²) in [6, 6.07) is 0. The van der Waals surface area contributed by atoms with E-state index < -0.39 is 0 Å². The fourth-order valence-electron chi connectivity index (χ4n) is 1.57. The number of ether oxygens (including phenoxy) is 1. The second kappa shape index (κ2) is 8.60. The van der Waals surface area contributed by atoms with Crippen LogP contribution in [0.4, 0.5) is 0 Å². The van der Waals surface area contributed by atoms with Gasteiger partial charge in [0.15, 0.2) is 0 Å². The summed E-state index contributed by atoms with van der Waals surface area (Å²) in [7, 11) is 0. The molecule has 0 aromatic rings. The zero-order valence-electron chi connectivity index (χ0n) is 8.92. The van der Waals surface area contributed by atoms with Gasteiger partial charge in [-0.3, -0.25) is 4.79 Å². The van der Waals surface area contributed by atoms with E-state index >= 15 is 0 Å². The first-order valence-electron chi connectivity index (χ1n) is 5.48. The molecule has 4 N–H and O–H groups in total. The Balaban J connectivity index is 2.22. The summed E-state index contributed by atoms with van der Waals surface area (Å²) in [6.07, 6.45) is 5.20. The van der Waals surface area contributed by atoms with E-state index in [9.17, 15) is 4.79 Å². The molecule has 0 aromatic carbocycles. The maximum atomic E-state index is 10.3. The highest BCUT2D eigenvalue weighted by atomic mass is 16.5. The smallest absolute Gasteiger partial charge is 0.293 e. The van der Waals surface area contributed by atoms with E-state index in [2.05, 4.69) is 21.9 Å². The van der Waals surface area contributed by atoms with Gasteiger partial charge in [0.1, 0.15) is 6.10 Å². The Kier molecular flexibility index (Phi) is 7.10. The summed E-state index contributed by atoms with van der Waals surface area (Å²) in [5, 5.41) is 0. The SMILES string of the molecule is O=COC1CCCCCNNNNCC1. The van der Waals surface area contributed by atoms with E-state index in [4.69, 9.17) is 4.74 Å². The molecular formula is C9H20N4O2. The van der Waals surface area contributed by atoms with E-state index in [1.807, 2.05) is 0 Å². The molecule has 1 unspecified atom stereocenters. The zero-order valence-corrected chi connectivity index (χ0v) is 8.92. The third kappa shape index (κ3) is 6.40. The highest BCUT2D eigenvalue weighted by molar-refractivity contribution is 5.37. The fraction of sp³-hybridized carbons (Fsp3) is 0.889. The molecule has 0 saturated carbocycles. The number of hydrogen-bond donors (Lipinski definition) is 4. The van der Waals surface area contributed by atoms with Crippen molar-refractivity contribution in [1.29, 1.82) is 0 Å². The molecule has 0 amide bonds. The maximum Gasteiger partial charge on any atom is 0.293 e. The lowest BCUT2D eigenvalue weighted by Gasteiger charge is -2.17. The van der Waals surface area contributed by atoms with Crippen LogP contribution in [0.15, 0.2) is 0 Å². The van der Waals surface area contributed by atoms with Crippen molar-refractivity contribution in [2.45, 2.75) is 38.2 Å². The second-order valence-corrected chi connectivity index (χ2v) is 3.60. The maximum absolute atomic E-state index is 10.3. The Bertz CT molecular complexity index is 156. The van der Waals surface area contributed by atoms with Crippen LogP contribution >= 0.6 is 0 Å². The first kappa shape index (κ1) is 12.4. The largest absolute Gasteiger partial charge is 0.465 e. The number of hydrogen-bond acceptors (Lipinski definition) is 6. The van der Waals surface area contributed by atoms with Crippen LogP contribution in [0, 0.1) is 0 Å². The molecule has 1 aliphatic heterocycles. The molecule has 6 heteroatoms. The minimum Gasteiger partial charge on any atom is -0.465 e. The summed E-state index contributed by atoms with van der Waals surface area (Å²) in [6.45, 7) is 2.23. The third-order valence-corrected chi connectivity index (χ3v) is 2.41. The number of rotatable bonds is 2. The standard InChI is InChI=1S/C9H20N4O2/c14-8-15-9-4-2-1-3-6-10-12-13-11-7-5-9/h8-13H,1-7H2. The van der Waals surface area contributed by atoms with Crippen molar-refractivity contribution in [3.05, 3.63) is 0 Å². The highest BCUT2D eigenvalue weighted by Crippen LogP contribution is 2.09. The minimum atomic E-state index is 0.0455. The van der Waals surface area contributed by atoms with E-state index in [-0.39, 0.29) is 6.10 Å². The monoisotopic (exact) mass is 216 g/mol. The predicted octanol–water partition coefficient (Wildman–Crippen LogP) is -0.404. The molecule has 1 heterocycles. The van der Waals surface area contributed by atoms with Crippen molar-refractivity contribution in [2.24, 2.45) is 0 Å². The van der Waals surface area contributed by atoms with Crippen molar-refractivity contribution in [3.63, 3.8) is 0 Å². The Morgan fingerprint density at radius 1 is 1.00 bits per heavy atom. The van der Waals surface area contributed by atoms with Gasteiger partial charge in [0.25, 0.3) is 6.47 Å². The number of hydrazine groups is 3. The predicted molar refractivity (Wildman–Crippen MR) is 56.3 cm³/mol.